The highest BCUT2D eigenvalue weighted by Crippen LogP contribution is 2.40. The lowest BCUT2D eigenvalue weighted by Gasteiger charge is -2.17. The first-order valence-electron chi connectivity index (χ1n) is 19.4. The van der Waals surface area contributed by atoms with Crippen LogP contribution in [0.4, 0.5) is 0 Å². The lowest BCUT2D eigenvalue weighted by atomic mass is 9.96. The molecule has 2 unspecified atom stereocenters. The summed E-state index contributed by atoms with van der Waals surface area (Å²) in [6, 6.07) is 36.5. The molecule has 8 aromatic rings. The molecule has 0 radical (unpaired) electrons. The molecule has 0 aliphatic rings. The van der Waals surface area contributed by atoms with Crippen LogP contribution in [0, 0.1) is 11.8 Å². The number of hydrogen-bond acceptors (Lipinski definition) is 3. The minimum atomic E-state index is 0.687. The molecule has 0 aliphatic carbocycles. The van der Waals surface area contributed by atoms with E-state index in [1.807, 2.05) is 0 Å². The second-order valence-electron chi connectivity index (χ2n) is 14.7. The van der Waals surface area contributed by atoms with Gasteiger partial charge in [-0.2, -0.15) is 8.75 Å². The van der Waals surface area contributed by atoms with E-state index >= 15 is 0 Å². The molecule has 8 rings (SSSR count). The van der Waals surface area contributed by atoms with Gasteiger partial charge in [0.05, 0.1) is 11.7 Å². The van der Waals surface area contributed by atoms with Crippen LogP contribution in [0.3, 0.4) is 0 Å². The van der Waals surface area contributed by atoms with E-state index in [-0.39, 0.29) is 0 Å². The van der Waals surface area contributed by atoms with Gasteiger partial charge in [-0.1, -0.05) is 127 Å². The van der Waals surface area contributed by atoms with Crippen molar-refractivity contribution < 1.29 is 0 Å². The van der Waals surface area contributed by atoms with Gasteiger partial charge in [0.2, 0.25) is 0 Å². The average molecular weight is 691 g/mol. The minimum Gasteiger partial charge on any atom is -0.340 e. The molecular weight excluding hydrogens is 641 g/mol. The maximum absolute atomic E-state index is 4.91. The van der Waals surface area contributed by atoms with Gasteiger partial charge >= 0.3 is 0 Å². The molecule has 51 heavy (non-hydrogen) atoms. The molecule has 0 amide bonds. The summed E-state index contributed by atoms with van der Waals surface area (Å²) in [6.07, 6.45) is 10.1. The molecule has 0 aliphatic heterocycles. The highest BCUT2D eigenvalue weighted by Gasteiger charge is 2.20. The van der Waals surface area contributed by atoms with E-state index in [4.69, 9.17) is 8.75 Å². The number of fused-ring (bicyclic) bond motifs is 7. The fourth-order valence-corrected chi connectivity index (χ4v) is 9.09. The van der Waals surface area contributed by atoms with E-state index in [0.717, 1.165) is 35.2 Å². The van der Waals surface area contributed by atoms with E-state index in [0.29, 0.717) is 11.8 Å². The lowest BCUT2D eigenvalue weighted by molar-refractivity contribution is 0.401. The summed E-state index contributed by atoms with van der Waals surface area (Å²) < 4.78 is 15.0. The van der Waals surface area contributed by atoms with E-state index in [1.54, 1.807) is 0 Å². The van der Waals surface area contributed by atoms with Gasteiger partial charge in [-0.25, -0.2) is 0 Å². The first kappa shape index (κ1) is 33.7. The highest BCUT2D eigenvalue weighted by atomic mass is 32.1. The van der Waals surface area contributed by atoms with Gasteiger partial charge in [-0.3, -0.25) is 0 Å². The second-order valence-corrected chi connectivity index (χ2v) is 15.2. The molecule has 3 aromatic heterocycles. The summed E-state index contributed by atoms with van der Waals surface area (Å²) in [5.41, 5.74) is 11.9. The largest absolute Gasteiger partial charge is 0.340 e. The highest BCUT2D eigenvalue weighted by molar-refractivity contribution is 7.00. The first-order chi connectivity index (χ1) is 25.1. The SMILES string of the molecule is CCCCC(CC)Cn1c2ccccc2c2cc(-c3ccc(-c4ccc5c(c4)c4ccccc4n5CC(CC)CCCC)c4nsnc34)ccc21. The van der Waals surface area contributed by atoms with Gasteiger partial charge in [0.1, 0.15) is 11.0 Å². The molecule has 260 valence electrons. The van der Waals surface area contributed by atoms with Gasteiger partial charge in [0, 0.05) is 67.8 Å². The number of rotatable bonds is 14. The van der Waals surface area contributed by atoms with Crippen molar-refractivity contribution in [2.45, 2.75) is 92.2 Å². The summed E-state index contributed by atoms with van der Waals surface area (Å²) >= 11 is 1.31. The maximum Gasteiger partial charge on any atom is 0.113 e. The van der Waals surface area contributed by atoms with Crippen molar-refractivity contribution in [3.05, 3.63) is 97.1 Å². The average Bonchev–Trinajstić information content (AvgIpc) is 3.88. The third kappa shape index (κ3) is 6.14. The van der Waals surface area contributed by atoms with Crippen molar-refractivity contribution in [2.75, 3.05) is 0 Å². The molecule has 0 N–H and O–H groups in total. The number of aromatic nitrogens is 4. The third-order valence-corrected chi connectivity index (χ3v) is 12.1. The standard InChI is InChI=1S/C46H50N4S/c1-5-9-15-31(7-3)29-49-41-19-13-11-17-37(41)39-27-33(21-25-43(39)49)35-23-24-36(46-45(35)47-51-48-46)34-22-26-44-40(28-34)38-18-12-14-20-42(38)50(44)30-32(8-4)16-10-6-2/h11-14,17-28,31-32H,5-10,15-16,29-30H2,1-4H3. The van der Waals surface area contributed by atoms with Crippen molar-refractivity contribution in [2.24, 2.45) is 11.8 Å². The minimum absolute atomic E-state index is 0.687. The van der Waals surface area contributed by atoms with Gasteiger partial charge in [0.25, 0.3) is 0 Å². The monoisotopic (exact) mass is 690 g/mol. The summed E-state index contributed by atoms with van der Waals surface area (Å²) in [5, 5.41) is 5.28. The van der Waals surface area contributed by atoms with Crippen LogP contribution in [0.25, 0.3) is 76.9 Å². The molecule has 3 heterocycles. The Labute approximate surface area is 306 Å². The zero-order valence-electron chi connectivity index (χ0n) is 30.7. The predicted octanol–water partition coefficient (Wildman–Crippen LogP) is 13.7. The van der Waals surface area contributed by atoms with Crippen LogP contribution >= 0.6 is 11.7 Å². The third-order valence-electron chi connectivity index (χ3n) is 11.6. The Balaban J connectivity index is 1.19. The van der Waals surface area contributed by atoms with Gasteiger partial charge in [-0.15, -0.1) is 0 Å². The van der Waals surface area contributed by atoms with Crippen molar-refractivity contribution in [1.82, 2.24) is 17.9 Å². The lowest BCUT2D eigenvalue weighted by Crippen LogP contribution is -2.10. The van der Waals surface area contributed by atoms with Gasteiger partial charge in [0.15, 0.2) is 0 Å². The summed E-state index contributed by atoms with van der Waals surface area (Å²) in [5.74, 6) is 1.37. The van der Waals surface area contributed by atoms with E-state index in [1.165, 1.54) is 118 Å². The fraction of sp³-hybridized carbons (Fsp3) is 0.348. The Hall–Kier alpha value is -4.48. The topological polar surface area (TPSA) is 35.6 Å². The van der Waals surface area contributed by atoms with Crippen molar-refractivity contribution in [3.63, 3.8) is 0 Å². The van der Waals surface area contributed by atoms with Crippen LogP contribution in [0.1, 0.15) is 79.1 Å². The normalized spacial score (nSPS) is 13.3. The van der Waals surface area contributed by atoms with Crippen LogP contribution < -0.4 is 0 Å². The quantitative estimate of drug-likeness (QED) is 0.114. The Morgan fingerprint density at radius 3 is 1.37 bits per heavy atom. The molecule has 0 saturated heterocycles. The van der Waals surface area contributed by atoms with Gasteiger partial charge < -0.3 is 9.13 Å². The molecule has 0 fully saturated rings. The zero-order valence-corrected chi connectivity index (χ0v) is 31.5. The van der Waals surface area contributed by atoms with E-state index < -0.39 is 0 Å². The zero-order chi connectivity index (χ0) is 34.9. The molecule has 0 spiro atoms. The number of hydrogen-bond donors (Lipinski definition) is 0. The first-order valence-corrected chi connectivity index (χ1v) is 20.1. The van der Waals surface area contributed by atoms with E-state index in [9.17, 15) is 0 Å². The van der Waals surface area contributed by atoms with Crippen molar-refractivity contribution in [1.29, 1.82) is 0 Å². The Morgan fingerprint density at radius 1 is 0.510 bits per heavy atom. The second kappa shape index (κ2) is 14.6. The number of benzene rings is 5. The Morgan fingerprint density at radius 2 is 0.941 bits per heavy atom. The fourth-order valence-electron chi connectivity index (χ4n) is 8.52. The Bertz CT molecular complexity index is 2290. The van der Waals surface area contributed by atoms with Crippen LogP contribution in [0.2, 0.25) is 0 Å². The molecule has 5 heteroatoms. The van der Waals surface area contributed by atoms with Crippen molar-refractivity contribution >= 4 is 66.4 Å². The Kier molecular flexibility index (Phi) is 9.66. The summed E-state index contributed by atoms with van der Waals surface area (Å²) in [7, 11) is 0. The summed E-state index contributed by atoms with van der Waals surface area (Å²) in [4.78, 5) is 0. The molecule has 2 atom stereocenters. The molecule has 0 bridgehead atoms. The number of nitrogens with zero attached hydrogens (tertiary/aromatic N) is 4. The van der Waals surface area contributed by atoms with Crippen LogP contribution in [0.15, 0.2) is 97.1 Å². The summed E-state index contributed by atoms with van der Waals surface area (Å²) in [6.45, 7) is 11.4. The van der Waals surface area contributed by atoms with Crippen LogP contribution in [-0.2, 0) is 13.1 Å². The number of unbranched alkanes of at least 4 members (excludes halogenated alkanes) is 2. The molecule has 0 saturated carbocycles. The predicted molar refractivity (Wildman–Crippen MR) is 221 cm³/mol. The smallest absolute Gasteiger partial charge is 0.113 e. The number of para-hydroxylation sites is 2. The van der Waals surface area contributed by atoms with Crippen LogP contribution in [-0.4, -0.2) is 17.9 Å². The molecule has 4 nitrogen and oxygen atoms in total. The molecular formula is C46H50N4S. The molecule has 5 aromatic carbocycles. The van der Waals surface area contributed by atoms with E-state index in [2.05, 4.69) is 134 Å². The maximum atomic E-state index is 4.91. The van der Waals surface area contributed by atoms with Crippen LogP contribution in [0.5, 0.6) is 0 Å². The van der Waals surface area contributed by atoms with Gasteiger partial charge in [-0.05, 0) is 72.2 Å². The van der Waals surface area contributed by atoms with Crippen molar-refractivity contribution in [3.8, 4) is 22.3 Å².